The van der Waals surface area contributed by atoms with Crippen LogP contribution in [0.2, 0.25) is 5.02 Å². The molecule has 0 saturated carbocycles. The van der Waals surface area contributed by atoms with Crippen LogP contribution in [0.5, 0.6) is 0 Å². The van der Waals surface area contributed by atoms with E-state index in [4.69, 9.17) is 11.6 Å². The molecule has 4 nitrogen and oxygen atoms in total. The molecule has 2 aromatic carbocycles. The maximum atomic E-state index is 14.2. The van der Waals surface area contributed by atoms with Crippen molar-refractivity contribution in [3.63, 3.8) is 0 Å². The van der Waals surface area contributed by atoms with Gasteiger partial charge in [0, 0.05) is 43.0 Å². The quantitative estimate of drug-likeness (QED) is 0.628. The van der Waals surface area contributed by atoms with Gasteiger partial charge in [-0.2, -0.15) is 0 Å². The Labute approximate surface area is 168 Å². The van der Waals surface area contributed by atoms with Crippen molar-refractivity contribution < 1.29 is 12.8 Å². The Hall–Kier alpha value is -2.44. The third-order valence-corrected chi connectivity index (χ3v) is 6.36. The highest BCUT2D eigenvalue weighted by Gasteiger charge is 2.21. The summed E-state index contributed by atoms with van der Waals surface area (Å²) >= 11 is 6.28. The highest BCUT2D eigenvalue weighted by atomic mass is 35.5. The van der Waals surface area contributed by atoms with Crippen LogP contribution in [-0.2, 0) is 22.8 Å². The molecule has 0 amide bonds. The van der Waals surface area contributed by atoms with Gasteiger partial charge in [-0.15, -0.1) is 0 Å². The molecule has 0 atom stereocenters. The predicted octanol–water partition coefficient (Wildman–Crippen LogP) is 4.51. The minimum absolute atomic E-state index is 0.271. The van der Waals surface area contributed by atoms with Gasteiger partial charge in [0.2, 0.25) is 0 Å². The predicted molar refractivity (Wildman–Crippen MR) is 109 cm³/mol. The molecule has 0 radical (unpaired) electrons. The Morgan fingerprint density at radius 1 is 1.18 bits per heavy atom. The summed E-state index contributed by atoms with van der Waals surface area (Å²) in [6, 6.07) is 12.4. The lowest BCUT2D eigenvalue weighted by Crippen LogP contribution is -2.20. The standard InChI is InChI=1S/C21H18ClFN2O2S/c1-28(26,27)21-5-2-14(10-19(21)23)13-25-9-7-15-3-4-16(11-20(15)25)17-6-8-24-12-18(17)22/h2-6,8,10-12H,7,9,13H2,1H3. The van der Waals surface area contributed by atoms with Gasteiger partial charge in [0.1, 0.15) is 10.7 Å². The topological polar surface area (TPSA) is 50.3 Å². The lowest BCUT2D eigenvalue weighted by atomic mass is 10.0. The van der Waals surface area contributed by atoms with Crippen LogP contribution in [0.25, 0.3) is 11.1 Å². The van der Waals surface area contributed by atoms with E-state index >= 15 is 0 Å². The fourth-order valence-electron chi connectivity index (χ4n) is 3.55. The van der Waals surface area contributed by atoms with Crippen molar-refractivity contribution in [1.82, 2.24) is 4.98 Å². The second-order valence-electron chi connectivity index (χ2n) is 6.91. The minimum atomic E-state index is -3.57. The van der Waals surface area contributed by atoms with Gasteiger partial charge >= 0.3 is 0 Å². The van der Waals surface area contributed by atoms with Gasteiger partial charge in [0.15, 0.2) is 9.84 Å². The lowest BCUT2D eigenvalue weighted by Gasteiger charge is -2.20. The molecule has 0 fully saturated rings. The first-order valence-corrected chi connectivity index (χ1v) is 11.1. The molecule has 4 rings (SSSR count). The highest BCUT2D eigenvalue weighted by molar-refractivity contribution is 7.90. The summed E-state index contributed by atoms with van der Waals surface area (Å²) in [5.41, 5.74) is 4.94. The number of aromatic nitrogens is 1. The number of anilines is 1. The van der Waals surface area contributed by atoms with Crippen LogP contribution in [-0.4, -0.2) is 26.2 Å². The number of hydrogen-bond acceptors (Lipinski definition) is 4. The van der Waals surface area contributed by atoms with Crippen LogP contribution in [0.4, 0.5) is 10.1 Å². The Morgan fingerprint density at radius 2 is 2.00 bits per heavy atom. The van der Waals surface area contributed by atoms with Crippen molar-refractivity contribution in [2.75, 3.05) is 17.7 Å². The van der Waals surface area contributed by atoms with Crippen molar-refractivity contribution in [3.8, 4) is 11.1 Å². The molecule has 0 N–H and O–H groups in total. The average Bonchev–Trinajstić information content (AvgIpc) is 3.03. The molecule has 0 aliphatic carbocycles. The van der Waals surface area contributed by atoms with Gasteiger partial charge in [-0.25, -0.2) is 12.8 Å². The molecule has 1 aromatic heterocycles. The number of pyridine rings is 1. The van der Waals surface area contributed by atoms with Crippen LogP contribution in [0.15, 0.2) is 59.8 Å². The Kier molecular flexibility index (Phi) is 4.85. The van der Waals surface area contributed by atoms with Crippen LogP contribution in [0.1, 0.15) is 11.1 Å². The van der Waals surface area contributed by atoms with Gasteiger partial charge in [-0.05, 0) is 47.4 Å². The first kappa shape index (κ1) is 18.9. The Balaban J connectivity index is 1.64. The molecule has 0 unspecified atom stereocenters. The summed E-state index contributed by atoms with van der Waals surface area (Å²) in [5.74, 6) is -0.711. The fraction of sp³-hybridized carbons (Fsp3) is 0.190. The van der Waals surface area contributed by atoms with Crippen LogP contribution >= 0.6 is 11.6 Å². The number of nitrogens with zero attached hydrogens (tertiary/aromatic N) is 2. The van der Waals surface area contributed by atoms with Crippen molar-refractivity contribution in [2.24, 2.45) is 0 Å². The molecule has 0 spiro atoms. The zero-order valence-electron chi connectivity index (χ0n) is 15.2. The van der Waals surface area contributed by atoms with E-state index in [0.29, 0.717) is 11.6 Å². The first-order valence-electron chi connectivity index (χ1n) is 8.79. The monoisotopic (exact) mass is 416 g/mol. The summed E-state index contributed by atoms with van der Waals surface area (Å²) in [6.07, 6.45) is 5.24. The number of hydrogen-bond donors (Lipinski definition) is 0. The van der Waals surface area contributed by atoms with E-state index in [1.165, 1.54) is 17.7 Å². The van der Waals surface area contributed by atoms with E-state index in [2.05, 4.69) is 22.0 Å². The second kappa shape index (κ2) is 7.18. The molecular formula is C21H18ClFN2O2S. The summed E-state index contributed by atoms with van der Waals surface area (Å²) in [5, 5.41) is 0.588. The lowest BCUT2D eigenvalue weighted by molar-refractivity contribution is 0.569. The first-order chi connectivity index (χ1) is 13.3. The third-order valence-electron chi connectivity index (χ3n) is 4.93. The number of halogens is 2. The number of benzene rings is 2. The van der Waals surface area contributed by atoms with E-state index in [1.807, 2.05) is 12.1 Å². The average molecular weight is 417 g/mol. The van der Waals surface area contributed by atoms with Crippen molar-refractivity contribution in [2.45, 2.75) is 17.9 Å². The van der Waals surface area contributed by atoms with Gasteiger partial charge in [0.25, 0.3) is 0 Å². The fourth-order valence-corrected chi connectivity index (χ4v) is 4.51. The van der Waals surface area contributed by atoms with E-state index in [1.54, 1.807) is 18.5 Å². The van der Waals surface area contributed by atoms with E-state index in [9.17, 15) is 12.8 Å². The van der Waals surface area contributed by atoms with Crippen molar-refractivity contribution in [1.29, 1.82) is 0 Å². The molecule has 1 aliphatic rings. The molecule has 0 saturated heterocycles. The molecule has 144 valence electrons. The van der Waals surface area contributed by atoms with E-state index < -0.39 is 15.7 Å². The van der Waals surface area contributed by atoms with Crippen molar-refractivity contribution >= 4 is 27.1 Å². The van der Waals surface area contributed by atoms with Crippen molar-refractivity contribution in [3.05, 3.63) is 76.8 Å². The van der Waals surface area contributed by atoms with E-state index in [0.717, 1.165) is 41.6 Å². The van der Waals surface area contributed by atoms with Gasteiger partial charge < -0.3 is 4.90 Å². The molecule has 1 aliphatic heterocycles. The molecule has 28 heavy (non-hydrogen) atoms. The van der Waals surface area contributed by atoms with Gasteiger partial charge in [-0.3, -0.25) is 4.98 Å². The Bertz CT molecular complexity index is 1160. The van der Waals surface area contributed by atoms with Gasteiger partial charge in [-0.1, -0.05) is 29.8 Å². The second-order valence-corrected chi connectivity index (χ2v) is 9.30. The largest absolute Gasteiger partial charge is 0.367 e. The zero-order chi connectivity index (χ0) is 19.9. The highest BCUT2D eigenvalue weighted by Crippen LogP contribution is 2.35. The molecule has 7 heteroatoms. The van der Waals surface area contributed by atoms with Crippen LogP contribution in [0.3, 0.4) is 0 Å². The molecular weight excluding hydrogens is 399 g/mol. The third kappa shape index (κ3) is 3.62. The van der Waals surface area contributed by atoms with Crippen LogP contribution < -0.4 is 4.90 Å². The summed E-state index contributed by atoms with van der Waals surface area (Å²) in [6.45, 7) is 1.32. The maximum Gasteiger partial charge on any atom is 0.178 e. The summed E-state index contributed by atoms with van der Waals surface area (Å²) < 4.78 is 37.4. The van der Waals surface area contributed by atoms with Crippen LogP contribution in [0, 0.1) is 5.82 Å². The molecule has 3 aromatic rings. The Morgan fingerprint density at radius 3 is 2.71 bits per heavy atom. The molecule has 2 heterocycles. The smallest absolute Gasteiger partial charge is 0.178 e. The van der Waals surface area contributed by atoms with Gasteiger partial charge in [0.05, 0.1) is 5.02 Å². The van der Waals surface area contributed by atoms with E-state index in [-0.39, 0.29) is 4.90 Å². The SMILES string of the molecule is CS(=O)(=O)c1ccc(CN2CCc3ccc(-c4ccncc4Cl)cc32)cc1F. The molecule has 0 bridgehead atoms. The minimum Gasteiger partial charge on any atom is -0.367 e. The number of rotatable bonds is 4. The summed E-state index contributed by atoms with van der Waals surface area (Å²) in [7, 11) is -3.57. The maximum absolute atomic E-state index is 14.2. The normalized spacial score (nSPS) is 13.6. The zero-order valence-corrected chi connectivity index (χ0v) is 16.8. The number of sulfone groups is 1. The number of fused-ring (bicyclic) bond motifs is 1. The summed E-state index contributed by atoms with van der Waals surface area (Å²) in [4.78, 5) is 5.92.